The van der Waals surface area contributed by atoms with Crippen LogP contribution in [0.3, 0.4) is 0 Å². The van der Waals surface area contributed by atoms with E-state index in [-0.39, 0.29) is 0 Å². The summed E-state index contributed by atoms with van der Waals surface area (Å²) in [5.74, 6) is 0. The highest BCUT2D eigenvalue weighted by Crippen LogP contribution is 2.22. The van der Waals surface area contributed by atoms with Gasteiger partial charge in [-0.15, -0.1) is 0 Å². The van der Waals surface area contributed by atoms with E-state index in [4.69, 9.17) is 12.2 Å². The number of hydrogen-bond acceptors (Lipinski definition) is 3. The van der Waals surface area contributed by atoms with Crippen LogP contribution in [0.1, 0.15) is 29.2 Å². The van der Waals surface area contributed by atoms with Crippen LogP contribution in [0, 0.1) is 0 Å². The summed E-state index contributed by atoms with van der Waals surface area (Å²) in [5.41, 5.74) is 4.28. The zero-order valence-corrected chi connectivity index (χ0v) is 15.9. The van der Waals surface area contributed by atoms with Gasteiger partial charge in [0.15, 0.2) is 5.11 Å². The molecule has 1 aromatic heterocycles. The summed E-state index contributed by atoms with van der Waals surface area (Å²) < 4.78 is 0. The largest absolute Gasteiger partial charge is 0.361 e. The fourth-order valence-corrected chi connectivity index (χ4v) is 4.27. The molecule has 0 saturated heterocycles. The van der Waals surface area contributed by atoms with Crippen molar-refractivity contribution in [3.8, 4) is 0 Å². The number of fused-ring (bicyclic) bond motifs is 1. The van der Waals surface area contributed by atoms with Gasteiger partial charge in [0.05, 0.1) is 6.04 Å². The van der Waals surface area contributed by atoms with Gasteiger partial charge in [-0.05, 0) is 79.1 Å². The lowest BCUT2D eigenvalue weighted by atomic mass is 9.88. The lowest BCUT2D eigenvalue weighted by Crippen LogP contribution is -2.46. The summed E-state index contributed by atoms with van der Waals surface area (Å²) in [6, 6.07) is 11.7. The maximum atomic E-state index is 5.53. The monoisotopic (exact) mass is 359 g/mol. The van der Waals surface area contributed by atoms with E-state index in [0.29, 0.717) is 12.1 Å². The number of hydrogen-bond donors (Lipinski definition) is 2. The van der Waals surface area contributed by atoms with E-state index in [0.717, 1.165) is 30.9 Å². The predicted octanol–water partition coefficient (Wildman–Crippen LogP) is 3.37. The van der Waals surface area contributed by atoms with Crippen molar-refractivity contribution in [2.45, 2.75) is 31.3 Å². The van der Waals surface area contributed by atoms with Crippen molar-refractivity contribution >= 4 is 28.7 Å². The van der Waals surface area contributed by atoms with Crippen LogP contribution in [0.25, 0.3) is 0 Å². The van der Waals surface area contributed by atoms with Crippen LogP contribution in [-0.4, -0.2) is 36.7 Å². The molecule has 5 heteroatoms. The molecule has 3 rings (SSSR count). The second kappa shape index (κ2) is 8.10. The molecule has 2 atom stereocenters. The van der Waals surface area contributed by atoms with Crippen molar-refractivity contribution in [1.82, 2.24) is 15.5 Å². The lowest BCUT2D eigenvalue weighted by Gasteiger charge is -2.28. The fraction of sp³-hybridized carbons (Fsp3) is 0.421. The first-order valence-electron chi connectivity index (χ1n) is 8.43. The van der Waals surface area contributed by atoms with E-state index >= 15 is 0 Å². The van der Waals surface area contributed by atoms with Crippen molar-refractivity contribution in [2.24, 2.45) is 0 Å². The number of nitrogens with zero attached hydrogens (tertiary/aromatic N) is 1. The summed E-state index contributed by atoms with van der Waals surface area (Å²) in [5, 5.41) is 12.0. The zero-order valence-electron chi connectivity index (χ0n) is 14.3. The van der Waals surface area contributed by atoms with Gasteiger partial charge >= 0.3 is 0 Å². The Labute approximate surface area is 154 Å². The van der Waals surface area contributed by atoms with Crippen LogP contribution in [-0.2, 0) is 12.8 Å². The van der Waals surface area contributed by atoms with Crippen molar-refractivity contribution < 1.29 is 0 Å². The van der Waals surface area contributed by atoms with Crippen molar-refractivity contribution in [3.63, 3.8) is 0 Å². The van der Waals surface area contributed by atoms with Crippen molar-refractivity contribution in [1.29, 1.82) is 0 Å². The maximum absolute atomic E-state index is 5.53. The van der Waals surface area contributed by atoms with E-state index in [1.165, 1.54) is 16.7 Å². The first-order valence-corrected chi connectivity index (χ1v) is 9.78. The Morgan fingerprint density at radius 2 is 2.08 bits per heavy atom. The minimum absolute atomic E-state index is 0.336. The molecule has 128 valence electrons. The average molecular weight is 360 g/mol. The molecule has 3 nitrogen and oxygen atoms in total. The number of benzene rings is 1. The summed E-state index contributed by atoms with van der Waals surface area (Å²) in [7, 11) is 4.22. The number of aryl methyl sites for hydroxylation is 1. The minimum atomic E-state index is 0.336. The van der Waals surface area contributed by atoms with Gasteiger partial charge in [-0.3, -0.25) is 0 Å². The molecule has 24 heavy (non-hydrogen) atoms. The standard InChI is InChI=1S/C19H25N3S2/c1-22(2)18(16-9-10-24-13-16)12-20-19(23)21-17-8-7-14-5-3-4-6-15(14)11-17/h3-6,9-10,13,17-18H,7-8,11-12H2,1-2H3,(H2,20,21,23). The van der Waals surface area contributed by atoms with Crippen molar-refractivity contribution in [3.05, 3.63) is 57.8 Å². The number of thiophene rings is 1. The second-order valence-corrected chi connectivity index (χ2v) is 7.79. The molecule has 2 unspecified atom stereocenters. The van der Waals surface area contributed by atoms with Gasteiger partial charge in [0, 0.05) is 12.6 Å². The molecule has 0 spiro atoms. The zero-order chi connectivity index (χ0) is 16.9. The summed E-state index contributed by atoms with van der Waals surface area (Å²) in [4.78, 5) is 2.23. The van der Waals surface area contributed by atoms with Crippen LogP contribution in [0.4, 0.5) is 0 Å². The summed E-state index contributed by atoms with van der Waals surface area (Å²) in [6.07, 6.45) is 3.33. The molecule has 2 N–H and O–H groups in total. The highest BCUT2D eigenvalue weighted by Gasteiger charge is 2.19. The maximum Gasteiger partial charge on any atom is 0.166 e. The molecule has 1 heterocycles. The quantitative estimate of drug-likeness (QED) is 0.801. The van der Waals surface area contributed by atoms with Crippen LogP contribution >= 0.6 is 23.6 Å². The third kappa shape index (κ3) is 4.35. The fourth-order valence-electron chi connectivity index (χ4n) is 3.31. The number of likely N-dealkylation sites (N-methyl/N-ethyl adjacent to an activating group) is 1. The molecule has 2 aromatic rings. The molecular weight excluding hydrogens is 334 g/mol. The molecule has 0 fully saturated rings. The number of nitrogens with one attached hydrogen (secondary N) is 2. The predicted molar refractivity (Wildman–Crippen MR) is 107 cm³/mol. The molecule has 0 bridgehead atoms. The van der Waals surface area contributed by atoms with Crippen LogP contribution in [0.15, 0.2) is 41.1 Å². The molecule has 0 radical (unpaired) electrons. The Kier molecular flexibility index (Phi) is 5.87. The first-order chi connectivity index (χ1) is 11.6. The Bertz CT molecular complexity index is 667. The molecule has 0 saturated carbocycles. The second-order valence-electron chi connectivity index (χ2n) is 6.60. The smallest absolute Gasteiger partial charge is 0.166 e. The third-order valence-corrected chi connectivity index (χ3v) is 5.65. The van der Waals surface area contributed by atoms with Crippen LogP contribution < -0.4 is 10.6 Å². The lowest BCUT2D eigenvalue weighted by molar-refractivity contribution is 0.299. The van der Waals surface area contributed by atoms with Gasteiger partial charge < -0.3 is 15.5 Å². The van der Waals surface area contributed by atoms with Crippen LogP contribution in [0.5, 0.6) is 0 Å². The Hall–Kier alpha value is -1.43. The van der Waals surface area contributed by atoms with E-state index in [9.17, 15) is 0 Å². The molecule has 1 aromatic carbocycles. The molecular formula is C19H25N3S2. The van der Waals surface area contributed by atoms with E-state index in [2.05, 4.69) is 70.7 Å². The Morgan fingerprint density at radius 1 is 1.29 bits per heavy atom. The normalized spacial score (nSPS) is 18.0. The van der Waals surface area contributed by atoms with Crippen molar-refractivity contribution in [2.75, 3.05) is 20.6 Å². The SMILES string of the molecule is CN(C)C(CNC(=S)NC1CCc2ccccc2C1)c1ccsc1. The minimum Gasteiger partial charge on any atom is -0.361 e. The van der Waals surface area contributed by atoms with Gasteiger partial charge in [0.2, 0.25) is 0 Å². The summed E-state index contributed by atoms with van der Waals surface area (Å²) in [6.45, 7) is 0.818. The van der Waals surface area contributed by atoms with Gasteiger partial charge in [0.25, 0.3) is 0 Å². The van der Waals surface area contributed by atoms with Gasteiger partial charge in [0.1, 0.15) is 0 Å². The first kappa shape index (κ1) is 17.4. The Balaban J connectivity index is 1.51. The average Bonchev–Trinajstić information content (AvgIpc) is 3.09. The molecule has 1 aliphatic rings. The highest BCUT2D eigenvalue weighted by atomic mass is 32.1. The van der Waals surface area contributed by atoms with E-state index < -0.39 is 0 Å². The highest BCUT2D eigenvalue weighted by molar-refractivity contribution is 7.80. The van der Waals surface area contributed by atoms with Gasteiger partial charge in [-0.2, -0.15) is 11.3 Å². The topological polar surface area (TPSA) is 27.3 Å². The number of rotatable bonds is 5. The van der Waals surface area contributed by atoms with Gasteiger partial charge in [-0.25, -0.2) is 0 Å². The number of thiocarbonyl (C=S) groups is 1. The molecule has 1 aliphatic carbocycles. The molecule has 0 aliphatic heterocycles. The molecule has 0 amide bonds. The van der Waals surface area contributed by atoms with E-state index in [1.807, 2.05) is 0 Å². The Morgan fingerprint density at radius 3 is 2.79 bits per heavy atom. The third-order valence-electron chi connectivity index (χ3n) is 4.69. The van der Waals surface area contributed by atoms with E-state index in [1.54, 1.807) is 11.3 Å². The summed E-state index contributed by atoms with van der Waals surface area (Å²) >= 11 is 7.27. The van der Waals surface area contributed by atoms with Crippen LogP contribution in [0.2, 0.25) is 0 Å². The van der Waals surface area contributed by atoms with Gasteiger partial charge in [-0.1, -0.05) is 24.3 Å².